The maximum Gasteiger partial charge on any atom is 0.291 e. The van der Waals surface area contributed by atoms with Gasteiger partial charge in [-0.2, -0.15) is 0 Å². The van der Waals surface area contributed by atoms with E-state index in [0.29, 0.717) is 53.9 Å². The van der Waals surface area contributed by atoms with Crippen molar-refractivity contribution < 1.29 is 13.6 Å². The lowest BCUT2D eigenvalue weighted by Gasteiger charge is -2.32. The average molecular weight is 438 g/mol. The second-order valence-corrected chi connectivity index (χ2v) is 8.29. The molecule has 1 fully saturated rings. The third-order valence-corrected chi connectivity index (χ3v) is 5.88. The number of hydrogen-bond donors (Lipinski definition) is 0. The number of benzene rings is 1. The van der Waals surface area contributed by atoms with Crippen molar-refractivity contribution in [3.05, 3.63) is 59.3 Å². The number of aromatic nitrogens is 3. The van der Waals surface area contributed by atoms with Crippen molar-refractivity contribution in [1.29, 1.82) is 0 Å². The van der Waals surface area contributed by atoms with Crippen molar-refractivity contribution in [3.8, 4) is 11.1 Å². The minimum Gasteiger partial charge on any atom is -0.435 e. The van der Waals surface area contributed by atoms with Crippen LogP contribution in [-0.2, 0) is 6.42 Å². The van der Waals surface area contributed by atoms with Crippen LogP contribution in [0.3, 0.4) is 0 Å². The molecule has 168 valence electrons. The van der Waals surface area contributed by atoms with E-state index in [4.69, 9.17) is 9.40 Å². The molecule has 3 aromatic rings. The number of carbonyl (C=O) groups excluding carboxylic acids is 1. The van der Waals surface area contributed by atoms with Crippen LogP contribution in [-0.4, -0.2) is 52.9 Å². The van der Waals surface area contributed by atoms with E-state index in [1.807, 2.05) is 32.0 Å². The van der Waals surface area contributed by atoms with Crippen molar-refractivity contribution in [2.45, 2.75) is 39.0 Å². The lowest BCUT2D eigenvalue weighted by Crippen LogP contribution is -2.38. The molecule has 3 heterocycles. The fourth-order valence-electron chi connectivity index (χ4n) is 4.10. The van der Waals surface area contributed by atoms with Gasteiger partial charge >= 0.3 is 0 Å². The molecular formula is C24H28FN5O2. The molecule has 0 N–H and O–H groups in total. The molecule has 7 nitrogen and oxygen atoms in total. The number of carbonyl (C=O) groups is 1. The van der Waals surface area contributed by atoms with E-state index >= 15 is 0 Å². The van der Waals surface area contributed by atoms with Crippen molar-refractivity contribution in [2.24, 2.45) is 0 Å². The van der Waals surface area contributed by atoms with Crippen LogP contribution in [0.1, 0.15) is 53.5 Å². The molecule has 1 aliphatic heterocycles. The van der Waals surface area contributed by atoms with Crippen LogP contribution >= 0.6 is 0 Å². The molecule has 1 aliphatic rings. The monoisotopic (exact) mass is 437 g/mol. The Morgan fingerprint density at radius 2 is 1.91 bits per heavy atom. The van der Waals surface area contributed by atoms with Gasteiger partial charge in [0, 0.05) is 56.8 Å². The summed E-state index contributed by atoms with van der Waals surface area (Å²) in [6, 6.07) is 6.69. The zero-order chi connectivity index (χ0) is 22.8. The molecule has 8 heteroatoms. The Morgan fingerprint density at radius 3 is 2.53 bits per heavy atom. The van der Waals surface area contributed by atoms with Gasteiger partial charge in [-0.05, 0) is 25.8 Å². The van der Waals surface area contributed by atoms with Gasteiger partial charge in [0.1, 0.15) is 5.82 Å². The smallest absolute Gasteiger partial charge is 0.291 e. The topological polar surface area (TPSA) is 75.4 Å². The van der Waals surface area contributed by atoms with Gasteiger partial charge in [0.2, 0.25) is 11.7 Å². The number of piperidine rings is 1. The highest BCUT2D eigenvalue weighted by Crippen LogP contribution is 2.36. The van der Waals surface area contributed by atoms with Crippen LogP contribution < -0.4 is 4.90 Å². The number of amides is 1. The standard InChI is InChI=1S/C24H28FN5O2/c1-5-20-27-15(2)22(32-20)23(31)30-12-10-16(11-13-30)21-18(14-26-24(28-21)29(3)4)17-8-6-7-9-19(17)25/h6-9,14,16H,5,10-13H2,1-4H3. The van der Waals surface area contributed by atoms with Crippen LogP contribution in [0.2, 0.25) is 0 Å². The Balaban J connectivity index is 1.58. The molecule has 4 rings (SSSR count). The van der Waals surface area contributed by atoms with E-state index in [-0.39, 0.29) is 17.6 Å². The summed E-state index contributed by atoms with van der Waals surface area (Å²) in [7, 11) is 3.76. The Hall–Kier alpha value is -3.29. The number of anilines is 1. The Bertz CT molecular complexity index is 1120. The summed E-state index contributed by atoms with van der Waals surface area (Å²) in [5.74, 6) is 1.16. The van der Waals surface area contributed by atoms with E-state index in [0.717, 1.165) is 18.5 Å². The second kappa shape index (κ2) is 9.06. The summed E-state index contributed by atoms with van der Waals surface area (Å²) in [5.41, 5.74) is 2.65. The Labute approximate surface area is 187 Å². The molecular weight excluding hydrogens is 409 g/mol. The van der Waals surface area contributed by atoms with Gasteiger partial charge in [0.05, 0.1) is 11.4 Å². The van der Waals surface area contributed by atoms with E-state index in [2.05, 4.69) is 9.97 Å². The van der Waals surface area contributed by atoms with Gasteiger partial charge < -0.3 is 14.2 Å². The molecule has 0 bridgehead atoms. The number of likely N-dealkylation sites (tertiary alicyclic amines) is 1. The molecule has 0 spiro atoms. The van der Waals surface area contributed by atoms with E-state index < -0.39 is 0 Å². The van der Waals surface area contributed by atoms with Crippen LogP contribution in [0, 0.1) is 12.7 Å². The first-order valence-electron chi connectivity index (χ1n) is 10.9. The number of hydrogen-bond acceptors (Lipinski definition) is 6. The third-order valence-electron chi connectivity index (χ3n) is 5.88. The zero-order valence-corrected chi connectivity index (χ0v) is 18.9. The number of oxazole rings is 1. The highest BCUT2D eigenvalue weighted by molar-refractivity contribution is 5.92. The van der Waals surface area contributed by atoms with Gasteiger partial charge in [-0.15, -0.1) is 0 Å². The molecule has 1 saturated heterocycles. The maximum atomic E-state index is 14.6. The molecule has 0 saturated carbocycles. The van der Waals surface area contributed by atoms with Gasteiger partial charge in [0.25, 0.3) is 5.91 Å². The number of halogens is 1. The Morgan fingerprint density at radius 1 is 1.19 bits per heavy atom. The summed E-state index contributed by atoms with van der Waals surface area (Å²) < 4.78 is 20.2. The minimum absolute atomic E-state index is 0.0948. The van der Waals surface area contributed by atoms with Crippen molar-refractivity contribution in [3.63, 3.8) is 0 Å². The van der Waals surface area contributed by atoms with Gasteiger partial charge in [-0.1, -0.05) is 25.1 Å². The first kappa shape index (κ1) is 21.9. The summed E-state index contributed by atoms with van der Waals surface area (Å²) in [4.78, 5) is 30.1. The summed E-state index contributed by atoms with van der Waals surface area (Å²) in [6.45, 7) is 4.89. The van der Waals surface area contributed by atoms with Gasteiger partial charge in [0.15, 0.2) is 5.89 Å². The molecule has 1 aromatic carbocycles. The van der Waals surface area contributed by atoms with Crippen LogP contribution in [0.4, 0.5) is 10.3 Å². The van der Waals surface area contributed by atoms with Crippen LogP contribution in [0.25, 0.3) is 11.1 Å². The SMILES string of the molecule is CCc1nc(C)c(C(=O)N2CCC(c3nc(N(C)C)ncc3-c3ccccc3F)CC2)o1. The maximum absolute atomic E-state index is 14.6. The molecule has 0 aliphatic carbocycles. The molecule has 2 aromatic heterocycles. The van der Waals surface area contributed by atoms with Crippen molar-refractivity contribution in [1.82, 2.24) is 19.9 Å². The number of aryl methyl sites for hydroxylation is 2. The number of rotatable bonds is 5. The lowest BCUT2D eigenvalue weighted by atomic mass is 9.88. The van der Waals surface area contributed by atoms with Crippen LogP contribution in [0.15, 0.2) is 34.9 Å². The summed E-state index contributed by atoms with van der Waals surface area (Å²) >= 11 is 0. The normalized spacial score (nSPS) is 14.6. The highest BCUT2D eigenvalue weighted by Gasteiger charge is 2.30. The largest absolute Gasteiger partial charge is 0.435 e. The summed E-state index contributed by atoms with van der Waals surface area (Å²) in [5, 5.41) is 0. The van der Waals surface area contributed by atoms with E-state index in [9.17, 15) is 9.18 Å². The van der Waals surface area contributed by atoms with Gasteiger partial charge in [-0.3, -0.25) is 4.79 Å². The lowest BCUT2D eigenvalue weighted by molar-refractivity contribution is 0.0677. The van der Waals surface area contributed by atoms with Crippen molar-refractivity contribution in [2.75, 3.05) is 32.1 Å². The van der Waals surface area contributed by atoms with Crippen LogP contribution in [0.5, 0.6) is 0 Å². The molecule has 0 atom stereocenters. The minimum atomic E-state index is -0.296. The second-order valence-electron chi connectivity index (χ2n) is 8.29. The molecule has 32 heavy (non-hydrogen) atoms. The fraction of sp³-hybridized carbons (Fsp3) is 0.417. The zero-order valence-electron chi connectivity index (χ0n) is 18.9. The van der Waals surface area contributed by atoms with Crippen molar-refractivity contribution >= 4 is 11.9 Å². The molecule has 1 amide bonds. The summed E-state index contributed by atoms with van der Waals surface area (Å²) in [6.07, 6.45) is 3.81. The Kier molecular flexibility index (Phi) is 6.21. The van der Waals surface area contributed by atoms with Gasteiger partial charge in [-0.25, -0.2) is 19.3 Å². The predicted molar refractivity (Wildman–Crippen MR) is 120 cm³/mol. The molecule has 0 unspecified atom stereocenters. The predicted octanol–water partition coefficient (Wildman–Crippen LogP) is 4.23. The molecule has 0 radical (unpaired) electrons. The average Bonchev–Trinajstić information content (AvgIpc) is 3.19. The first-order valence-corrected chi connectivity index (χ1v) is 10.9. The first-order chi connectivity index (χ1) is 15.4. The number of nitrogens with zero attached hydrogens (tertiary/aromatic N) is 5. The fourth-order valence-corrected chi connectivity index (χ4v) is 4.10. The van der Waals surface area contributed by atoms with E-state index in [1.165, 1.54) is 6.07 Å². The highest BCUT2D eigenvalue weighted by atomic mass is 19.1. The van der Waals surface area contributed by atoms with E-state index in [1.54, 1.807) is 30.2 Å². The third kappa shape index (κ3) is 4.22. The quantitative estimate of drug-likeness (QED) is 0.595.